The Morgan fingerprint density at radius 1 is 1.36 bits per heavy atom. The van der Waals surface area contributed by atoms with Crippen LogP contribution in [0.4, 0.5) is 0 Å². The Bertz CT molecular complexity index is 95.0. The fraction of sp³-hybridized carbons (Fsp3) is 1.00. The van der Waals surface area contributed by atoms with E-state index < -0.39 is 0 Å². The van der Waals surface area contributed by atoms with Crippen LogP contribution in [0.15, 0.2) is 0 Å². The minimum atomic E-state index is 0.872. The van der Waals surface area contributed by atoms with E-state index in [2.05, 4.69) is 6.92 Å². The standard InChI is InChI=1S/C10H21N/c1-9(5-4-8-11)10-6-2-3-7-10/h9-10H,2-8,11H2,1H3. The molecule has 1 saturated carbocycles. The summed E-state index contributed by atoms with van der Waals surface area (Å²) in [6.45, 7) is 3.27. The van der Waals surface area contributed by atoms with Crippen molar-refractivity contribution < 1.29 is 0 Å². The van der Waals surface area contributed by atoms with Gasteiger partial charge in [0.1, 0.15) is 0 Å². The van der Waals surface area contributed by atoms with Crippen LogP contribution in [0, 0.1) is 11.8 Å². The monoisotopic (exact) mass is 155 g/mol. The van der Waals surface area contributed by atoms with Crippen LogP contribution < -0.4 is 5.73 Å². The molecule has 0 amide bonds. The maximum Gasteiger partial charge on any atom is -0.00772 e. The van der Waals surface area contributed by atoms with Crippen LogP contribution in [0.25, 0.3) is 0 Å². The summed E-state index contributed by atoms with van der Waals surface area (Å²) in [6, 6.07) is 0. The fourth-order valence-electron chi connectivity index (χ4n) is 2.20. The third kappa shape index (κ3) is 2.82. The van der Waals surface area contributed by atoms with Crippen molar-refractivity contribution in [2.75, 3.05) is 6.54 Å². The van der Waals surface area contributed by atoms with E-state index in [0.29, 0.717) is 0 Å². The first-order valence-corrected chi connectivity index (χ1v) is 5.04. The lowest BCUT2D eigenvalue weighted by Gasteiger charge is -2.17. The van der Waals surface area contributed by atoms with Crippen LogP contribution in [0.5, 0.6) is 0 Å². The second kappa shape index (κ2) is 4.76. The summed E-state index contributed by atoms with van der Waals surface area (Å²) in [5.41, 5.74) is 5.48. The van der Waals surface area contributed by atoms with Gasteiger partial charge in [0.25, 0.3) is 0 Å². The molecule has 0 aromatic carbocycles. The van der Waals surface area contributed by atoms with Gasteiger partial charge in [0, 0.05) is 0 Å². The number of rotatable bonds is 4. The first kappa shape index (κ1) is 9.05. The van der Waals surface area contributed by atoms with Crippen LogP contribution in [0.3, 0.4) is 0 Å². The average Bonchev–Trinajstić information content (AvgIpc) is 2.52. The van der Waals surface area contributed by atoms with Crippen LogP contribution in [-0.2, 0) is 0 Å². The molecule has 2 N–H and O–H groups in total. The largest absolute Gasteiger partial charge is 0.330 e. The smallest absolute Gasteiger partial charge is 0.00772 e. The molecular weight excluding hydrogens is 134 g/mol. The lowest BCUT2D eigenvalue weighted by molar-refractivity contribution is 0.340. The maximum absolute atomic E-state index is 5.48. The summed E-state index contributed by atoms with van der Waals surface area (Å²) < 4.78 is 0. The molecule has 0 bridgehead atoms. The molecule has 0 saturated heterocycles. The molecule has 1 aliphatic carbocycles. The molecule has 1 heteroatoms. The zero-order chi connectivity index (χ0) is 8.10. The Balaban J connectivity index is 2.12. The number of hydrogen-bond acceptors (Lipinski definition) is 1. The van der Waals surface area contributed by atoms with Gasteiger partial charge in [-0.3, -0.25) is 0 Å². The van der Waals surface area contributed by atoms with E-state index in [9.17, 15) is 0 Å². The van der Waals surface area contributed by atoms with Gasteiger partial charge in [-0.05, 0) is 31.2 Å². The molecule has 1 fully saturated rings. The Hall–Kier alpha value is -0.0400. The Morgan fingerprint density at radius 2 is 2.00 bits per heavy atom. The molecule has 1 nitrogen and oxygen atoms in total. The summed E-state index contributed by atoms with van der Waals surface area (Å²) in [5.74, 6) is 1.96. The van der Waals surface area contributed by atoms with Gasteiger partial charge in [-0.2, -0.15) is 0 Å². The summed E-state index contributed by atoms with van der Waals surface area (Å²) in [7, 11) is 0. The Kier molecular flexibility index (Phi) is 3.92. The highest BCUT2D eigenvalue weighted by atomic mass is 14.5. The van der Waals surface area contributed by atoms with E-state index in [4.69, 9.17) is 5.73 Å². The first-order chi connectivity index (χ1) is 5.34. The van der Waals surface area contributed by atoms with Gasteiger partial charge in [-0.25, -0.2) is 0 Å². The summed E-state index contributed by atoms with van der Waals surface area (Å²) in [5, 5.41) is 0. The van der Waals surface area contributed by atoms with Crippen molar-refractivity contribution in [1.29, 1.82) is 0 Å². The van der Waals surface area contributed by atoms with Gasteiger partial charge >= 0.3 is 0 Å². The highest BCUT2D eigenvalue weighted by Crippen LogP contribution is 2.33. The number of hydrogen-bond donors (Lipinski definition) is 1. The van der Waals surface area contributed by atoms with Crippen LogP contribution >= 0.6 is 0 Å². The molecule has 1 atom stereocenters. The number of nitrogens with two attached hydrogens (primary N) is 1. The molecule has 0 aromatic rings. The Labute approximate surface area is 70.4 Å². The lowest BCUT2D eigenvalue weighted by Crippen LogP contribution is -2.10. The fourth-order valence-corrected chi connectivity index (χ4v) is 2.20. The van der Waals surface area contributed by atoms with Gasteiger partial charge in [-0.1, -0.05) is 32.6 Å². The molecule has 66 valence electrons. The zero-order valence-corrected chi connectivity index (χ0v) is 7.68. The molecule has 0 aliphatic heterocycles. The SMILES string of the molecule is CC(CCCN)C1CCCC1. The average molecular weight is 155 g/mol. The van der Waals surface area contributed by atoms with Gasteiger partial charge in [0.2, 0.25) is 0 Å². The highest BCUT2D eigenvalue weighted by Gasteiger charge is 2.20. The third-order valence-electron chi connectivity index (χ3n) is 3.07. The molecule has 0 radical (unpaired) electrons. The van der Waals surface area contributed by atoms with E-state index in [1.165, 1.54) is 38.5 Å². The van der Waals surface area contributed by atoms with E-state index in [1.54, 1.807) is 0 Å². The van der Waals surface area contributed by atoms with Crippen LogP contribution in [0.1, 0.15) is 45.4 Å². The molecule has 1 aliphatic rings. The zero-order valence-electron chi connectivity index (χ0n) is 7.68. The summed E-state index contributed by atoms with van der Waals surface area (Å²) >= 11 is 0. The summed E-state index contributed by atoms with van der Waals surface area (Å²) in [4.78, 5) is 0. The van der Waals surface area contributed by atoms with Crippen molar-refractivity contribution in [3.05, 3.63) is 0 Å². The van der Waals surface area contributed by atoms with E-state index >= 15 is 0 Å². The second-order valence-corrected chi connectivity index (χ2v) is 3.95. The van der Waals surface area contributed by atoms with Crippen molar-refractivity contribution >= 4 is 0 Å². The summed E-state index contributed by atoms with van der Waals surface area (Å²) in [6.07, 6.45) is 8.46. The van der Waals surface area contributed by atoms with Crippen molar-refractivity contribution in [2.45, 2.75) is 45.4 Å². The molecule has 11 heavy (non-hydrogen) atoms. The second-order valence-electron chi connectivity index (χ2n) is 3.95. The normalized spacial score (nSPS) is 22.4. The minimum absolute atomic E-state index is 0.872. The van der Waals surface area contributed by atoms with Crippen LogP contribution in [0.2, 0.25) is 0 Å². The highest BCUT2D eigenvalue weighted by molar-refractivity contribution is 4.72. The van der Waals surface area contributed by atoms with E-state index in [1.807, 2.05) is 0 Å². The molecule has 1 rings (SSSR count). The van der Waals surface area contributed by atoms with Crippen molar-refractivity contribution in [3.63, 3.8) is 0 Å². The minimum Gasteiger partial charge on any atom is -0.330 e. The topological polar surface area (TPSA) is 26.0 Å². The predicted molar refractivity (Wildman–Crippen MR) is 49.4 cm³/mol. The predicted octanol–water partition coefficient (Wildman–Crippen LogP) is 2.55. The molecule has 1 unspecified atom stereocenters. The third-order valence-corrected chi connectivity index (χ3v) is 3.07. The lowest BCUT2D eigenvalue weighted by atomic mass is 9.89. The van der Waals surface area contributed by atoms with E-state index in [-0.39, 0.29) is 0 Å². The first-order valence-electron chi connectivity index (χ1n) is 5.04. The molecule has 0 heterocycles. The van der Waals surface area contributed by atoms with Gasteiger partial charge in [-0.15, -0.1) is 0 Å². The van der Waals surface area contributed by atoms with Gasteiger partial charge < -0.3 is 5.73 Å². The molecular formula is C10H21N. The van der Waals surface area contributed by atoms with Crippen LogP contribution in [-0.4, -0.2) is 6.54 Å². The molecule has 0 spiro atoms. The van der Waals surface area contributed by atoms with Gasteiger partial charge in [0.15, 0.2) is 0 Å². The van der Waals surface area contributed by atoms with Crippen molar-refractivity contribution in [1.82, 2.24) is 0 Å². The van der Waals surface area contributed by atoms with Gasteiger partial charge in [0.05, 0.1) is 0 Å². The quantitative estimate of drug-likeness (QED) is 0.663. The van der Waals surface area contributed by atoms with E-state index in [0.717, 1.165) is 18.4 Å². The molecule has 0 aromatic heterocycles. The maximum atomic E-state index is 5.48. The van der Waals surface area contributed by atoms with Crippen molar-refractivity contribution in [3.8, 4) is 0 Å². The van der Waals surface area contributed by atoms with Crippen molar-refractivity contribution in [2.24, 2.45) is 17.6 Å². The Morgan fingerprint density at radius 3 is 2.55 bits per heavy atom.